The Morgan fingerprint density at radius 3 is 1.38 bits per heavy atom. The number of allylic oxidation sites excluding steroid dienone is 2. The summed E-state index contributed by atoms with van der Waals surface area (Å²) in [5.74, 6) is 0.394. The molecule has 0 heterocycles. The van der Waals surface area contributed by atoms with Gasteiger partial charge in [0.25, 0.3) is 0 Å². The molecule has 3 heteroatoms. The van der Waals surface area contributed by atoms with Crippen LogP contribution in [0, 0.1) is 0 Å². The second kappa shape index (κ2) is 16.8. The predicted molar refractivity (Wildman–Crippen MR) is 101 cm³/mol. The van der Waals surface area contributed by atoms with Crippen molar-refractivity contribution in [2.24, 2.45) is 0 Å². The van der Waals surface area contributed by atoms with E-state index in [-0.39, 0.29) is 28.0 Å². The van der Waals surface area contributed by atoms with E-state index in [2.05, 4.69) is 0 Å². The summed E-state index contributed by atoms with van der Waals surface area (Å²) in [4.78, 5) is 0. The van der Waals surface area contributed by atoms with Crippen LogP contribution < -0.4 is 10.2 Å². The summed E-state index contributed by atoms with van der Waals surface area (Å²) >= 11 is 0. The Labute approximate surface area is 147 Å². The van der Waals surface area contributed by atoms with Crippen LogP contribution in [0.3, 0.4) is 0 Å². The third-order valence-corrected chi connectivity index (χ3v) is 2.42. The molecular formula is C21H30O3-2. The molecule has 0 bridgehead atoms. The summed E-state index contributed by atoms with van der Waals surface area (Å²) in [5, 5.41) is 29.3. The van der Waals surface area contributed by atoms with Crippen molar-refractivity contribution < 1.29 is 15.3 Å². The van der Waals surface area contributed by atoms with E-state index < -0.39 is 6.10 Å². The SMILES string of the molecule is C.C.C.Oc1ccccc1.[O-]C1C=CCC=C1.[O-]c1ccccc1. The minimum absolute atomic E-state index is 0. The van der Waals surface area contributed by atoms with Gasteiger partial charge >= 0.3 is 0 Å². The van der Waals surface area contributed by atoms with E-state index in [9.17, 15) is 10.2 Å². The van der Waals surface area contributed by atoms with Crippen molar-refractivity contribution >= 4 is 0 Å². The zero-order valence-corrected chi connectivity index (χ0v) is 11.6. The lowest BCUT2D eigenvalue weighted by atomic mass is 10.2. The maximum atomic E-state index is 10.4. The topological polar surface area (TPSA) is 66.3 Å². The number of hydrogen-bond acceptors (Lipinski definition) is 3. The maximum Gasteiger partial charge on any atom is 0.115 e. The van der Waals surface area contributed by atoms with Crippen LogP contribution in [0.5, 0.6) is 11.5 Å². The smallest absolute Gasteiger partial charge is 0.115 e. The van der Waals surface area contributed by atoms with Gasteiger partial charge in [0.05, 0.1) is 0 Å². The fourth-order valence-electron chi connectivity index (χ4n) is 1.42. The van der Waals surface area contributed by atoms with Crippen LogP contribution in [0.4, 0.5) is 0 Å². The summed E-state index contributed by atoms with van der Waals surface area (Å²) in [6.45, 7) is 0. The van der Waals surface area contributed by atoms with Crippen LogP contribution in [0.25, 0.3) is 0 Å². The van der Waals surface area contributed by atoms with Crippen LogP contribution in [0.15, 0.2) is 85.0 Å². The fraction of sp³-hybridized carbons (Fsp3) is 0.238. The lowest BCUT2D eigenvalue weighted by Crippen LogP contribution is -2.19. The van der Waals surface area contributed by atoms with Crippen molar-refractivity contribution in [3.05, 3.63) is 85.0 Å². The summed E-state index contributed by atoms with van der Waals surface area (Å²) in [6, 6.07) is 17.0. The van der Waals surface area contributed by atoms with Crippen LogP contribution in [0.2, 0.25) is 0 Å². The monoisotopic (exact) mass is 330 g/mol. The zero-order valence-electron chi connectivity index (χ0n) is 11.6. The minimum Gasteiger partial charge on any atom is -0.872 e. The van der Waals surface area contributed by atoms with Gasteiger partial charge in [-0.25, -0.2) is 0 Å². The first kappa shape index (κ1) is 26.4. The van der Waals surface area contributed by atoms with Gasteiger partial charge in [-0.15, -0.1) is 5.75 Å². The quantitative estimate of drug-likeness (QED) is 0.733. The van der Waals surface area contributed by atoms with E-state index in [1.54, 1.807) is 48.6 Å². The summed E-state index contributed by atoms with van der Waals surface area (Å²) in [5.41, 5.74) is 0. The molecule has 2 aromatic carbocycles. The van der Waals surface area contributed by atoms with Crippen molar-refractivity contribution in [3.8, 4) is 11.5 Å². The van der Waals surface area contributed by atoms with Crippen molar-refractivity contribution in [1.82, 2.24) is 0 Å². The van der Waals surface area contributed by atoms with Gasteiger partial charge in [-0.3, -0.25) is 0 Å². The molecule has 0 aromatic heterocycles. The fourth-order valence-corrected chi connectivity index (χ4v) is 1.42. The Morgan fingerprint density at radius 1 is 0.750 bits per heavy atom. The van der Waals surface area contributed by atoms with Gasteiger partial charge < -0.3 is 15.3 Å². The lowest BCUT2D eigenvalue weighted by Gasteiger charge is -2.13. The molecule has 0 saturated heterocycles. The average molecular weight is 330 g/mol. The second-order valence-electron chi connectivity index (χ2n) is 4.21. The highest BCUT2D eigenvalue weighted by Crippen LogP contribution is 2.02. The van der Waals surface area contributed by atoms with Crippen molar-refractivity contribution in [3.63, 3.8) is 0 Å². The summed E-state index contributed by atoms with van der Waals surface area (Å²) in [7, 11) is 0. The Kier molecular flexibility index (Phi) is 18.5. The predicted octanol–water partition coefficient (Wildman–Crippen LogP) is 4.29. The molecule has 1 aliphatic carbocycles. The van der Waals surface area contributed by atoms with Crippen molar-refractivity contribution in [2.45, 2.75) is 34.8 Å². The van der Waals surface area contributed by atoms with Gasteiger partial charge in [0.15, 0.2) is 0 Å². The maximum absolute atomic E-state index is 10.4. The highest BCUT2D eigenvalue weighted by Gasteiger charge is 1.82. The molecule has 0 radical (unpaired) electrons. The molecule has 2 aromatic rings. The molecule has 134 valence electrons. The number of benzene rings is 2. The molecule has 0 saturated carbocycles. The van der Waals surface area contributed by atoms with E-state index in [0.717, 1.165) is 6.42 Å². The average Bonchev–Trinajstić information content (AvgIpc) is 2.51. The van der Waals surface area contributed by atoms with E-state index in [4.69, 9.17) is 5.11 Å². The second-order valence-corrected chi connectivity index (χ2v) is 4.21. The molecular weight excluding hydrogens is 300 g/mol. The third kappa shape index (κ3) is 14.4. The number of hydrogen-bond donors (Lipinski definition) is 1. The number of phenolic OH excluding ortho intramolecular Hbond substituents is 1. The highest BCUT2D eigenvalue weighted by atomic mass is 16.3. The van der Waals surface area contributed by atoms with E-state index in [0.29, 0.717) is 5.75 Å². The van der Waals surface area contributed by atoms with Crippen LogP contribution >= 0.6 is 0 Å². The number of para-hydroxylation sites is 2. The van der Waals surface area contributed by atoms with Gasteiger partial charge in [-0.2, -0.15) is 0 Å². The van der Waals surface area contributed by atoms with Crippen molar-refractivity contribution in [2.75, 3.05) is 0 Å². The molecule has 1 N–H and O–H groups in total. The standard InChI is InChI=1S/C6H7O.2C6H6O.3CH4/c3*7-6-4-2-1-3-5-6;;;/h2-6H,1H2;2*1-5,7H;3*1H4/q-1;;;;;/p-1. The van der Waals surface area contributed by atoms with E-state index in [1.165, 1.54) is 12.1 Å². The van der Waals surface area contributed by atoms with E-state index in [1.807, 2.05) is 24.3 Å². The van der Waals surface area contributed by atoms with Crippen molar-refractivity contribution in [1.29, 1.82) is 0 Å². The Hall–Kier alpha value is -2.52. The van der Waals surface area contributed by atoms with Crippen LogP contribution in [-0.2, 0) is 0 Å². The van der Waals surface area contributed by atoms with E-state index >= 15 is 0 Å². The first-order valence-corrected chi connectivity index (χ1v) is 6.63. The Bertz CT molecular complexity index is 484. The third-order valence-electron chi connectivity index (χ3n) is 2.42. The molecule has 0 amide bonds. The number of phenols is 1. The molecule has 0 fully saturated rings. The van der Waals surface area contributed by atoms with Gasteiger partial charge in [0.1, 0.15) is 5.75 Å². The molecule has 3 rings (SSSR count). The molecule has 0 unspecified atom stereocenters. The normalized spacial score (nSPS) is 11.0. The van der Waals surface area contributed by atoms with Gasteiger partial charge in [-0.05, 0) is 18.6 Å². The van der Waals surface area contributed by atoms with Crippen LogP contribution in [-0.4, -0.2) is 11.2 Å². The highest BCUT2D eigenvalue weighted by molar-refractivity contribution is 5.18. The molecule has 0 atom stereocenters. The molecule has 3 nitrogen and oxygen atoms in total. The van der Waals surface area contributed by atoms with Gasteiger partial charge in [0, 0.05) is 0 Å². The van der Waals surface area contributed by atoms with Gasteiger partial charge in [-0.1, -0.05) is 101 Å². The zero-order chi connectivity index (χ0) is 15.3. The van der Waals surface area contributed by atoms with Crippen LogP contribution in [0.1, 0.15) is 28.7 Å². The molecule has 0 spiro atoms. The first-order valence-electron chi connectivity index (χ1n) is 6.63. The molecule has 1 aliphatic rings. The number of rotatable bonds is 0. The van der Waals surface area contributed by atoms with Gasteiger partial charge in [0.2, 0.25) is 0 Å². The molecule has 0 aliphatic heterocycles. The largest absolute Gasteiger partial charge is 0.872 e. The Morgan fingerprint density at radius 2 is 1.17 bits per heavy atom. The molecule has 24 heavy (non-hydrogen) atoms. The number of aromatic hydroxyl groups is 1. The summed E-state index contributed by atoms with van der Waals surface area (Å²) in [6.07, 6.45) is 7.46. The first-order chi connectivity index (χ1) is 10.2. The summed E-state index contributed by atoms with van der Waals surface area (Å²) < 4.78 is 0. The minimum atomic E-state index is -0.575. The lowest BCUT2D eigenvalue weighted by molar-refractivity contribution is -0.387. The Balaban J connectivity index is -0.000000259.